The summed E-state index contributed by atoms with van der Waals surface area (Å²) in [6, 6.07) is 49.8. The van der Waals surface area contributed by atoms with Gasteiger partial charge in [-0.25, -0.2) is 0 Å². The van der Waals surface area contributed by atoms with Crippen LogP contribution in [0.4, 0.5) is 22.7 Å². The molecule has 2 heteroatoms. The number of nitrogens with zero attached hydrogens (tertiary/aromatic N) is 2. The summed E-state index contributed by atoms with van der Waals surface area (Å²) in [5.74, 6) is 2.26. The number of hydrogen-bond donors (Lipinski definition) is 0. The van der Waals surface area contributed by atoms with Crippen molar-refractivity contribution in [2.45, 2.75) is 49.9 Å². The van der Waals surface area contributed by atoms with Crippen molar-refractivity contribution in [1.82, 2.24) is 0 Å². The molecule has 0 aliphatic heterocycles. The molecule has 12 rings (SSSR count). The van der Waals surface area contributed by atoms with E-state index in [1.54, 1.807) is 11.1 Å². The van der Waals surface area contributed by atoms with Crippen molar-refractivity contribution >= 4 is 33.9 Å². The molecule has 0 aromatic heterocycles. The summed E-state index contributed by atoms with van der Waals surface area (Å²) < 4.78 is 0. The SMILES string of the molecule is C1=CC2C3C=CC(N(C4=CC(c5ccccc5)=CCC4)c4ccccc4)=CC3C3(c4cccc(N(c5ccccc5)c5cccc(C6=CCCC=C6)c5)c4C4CCC=CC43)C2C=C1. The number of para-hydroxylation sites is 2. The maximum atomic E-state index is 2.74. The molecule has 0 heterocycles. The van der Waals surface area contributed by atoms with Crippen LogP contribution in [0, 0.1) is 29.6 Å². The summed E-state index contributed by atoms with van der Waals surface area (Å²) in [6.07, 6.45) is 41.2. The highest BCUT2D eigenvalue weighted by molar-refractivity contribution is 5.85. The van der Waals surface area contributed by atoms with Crippen LogP contribution in [0.25, 0.3) is 11.1 Å². The van der Waals surface area contributed by atoms with E-state index >= 15 is 0 Å². The molecule has 0 bridgehead atoms. The average molecular weight is 815 g/mol. The van der Waals surface area contributed by atoms with Gasteiger partial charge in [0.05, 0.1) is 0 Å². The van der Waals surface area contributed by atoms with Gasteiger partial charge in [-0.1, -0.05) is 164 Å². The summed E-state index contributed by atoms with van der Waals surface area (Å²) in [4.78, 5) is 5.17. The largest absolute Gasteiger partial charge is 0.315 e. The van der Waals surface area contributed by atoms with Crippen LogP contribution < -0.4 is 9.80 Å². The molecule has 308 valence electrons. The standard InChI is InChI=1S/C61H54N2/c1-5-20-43(21-6-1)45-24-17-30-49(40-45)62(47-26-9-3-10-27-47)51-38-39-53-52-32-13-15-34-55(52)61(58(53)42-51)56-35-16-14-33-54(56)60-57(61)36-19-37-59(60)63(48-28-11-4-12-29-48)50-31-18-25-46(41-50)44-22-7-2-8-23-44/h1,3-7,9-13,15-16,18-29,31-32,34-42,52-56,58H,2,8,14,17,30,33H2. The monoisotopic (exact) mass is 814 g/mol. The lowest BCUT2D eigenvalue weighted by Gasteiger charge is -2.45. The van der Waals surface area contributed by atoms with Crippen LogP contribution >= 0.6 is 0 Å². The van der Waals surface area contributed by atoms with Crippen LogP contribution in [0.3, 0.4) is 0 Å². The Morgan fingerprint density at radius 1 is 0.508 bits per heavy atom. The first-order valence-electron chi connectivity index (χ1n) is 23.5. The number of fused-ring (bicyclic) bond motifs is 10. The van der Waals surface area contributed by atoms with Crippen LogP contribution in [-0.2, 0) is 5.41 Å². The van der Waals surface area contributed by atoms with Crippen LogP contribution in [0.1, 0.15) is 66.7 Å². The van der Waals surface area contributed by atoms with Crippen molar-refractivity contribution in [3.05, 3.63) is 252 Å². The van der Waals surface area contributed by atoms with Crippen LogP contribution in [0.5, 0.6) is 0 Å². The van der Waals surface area contributed by atoms with Gasteiger partial charge in [-0.05, 0) is 162 Å². The molecule has 7 aliphatic carbocycles. The lowest BCUT2D eigenvalue weighted by Crippen LogP contribution is -2.43. The smallest absolute Gasteiger partial charge is 0.0499 e. The van der Waals surface area contributed by atoms with Gasteiger partial charge >= 0.3 is 0 Å². The number of benzene rings is 5. The molecule has 5 aromatic rings. The molecule has 1 saturated carbocycles. The number of anilines is 4. The van der Waals surface area contributed by atoms with E-state index in [9.17, 15) is 0 Å². The van der Waals surface area contributed by atoms with E-state index in [1.165, 1.54) is 56.4 Å². The summed E-state index contributed by atoms with van der Waals surface area (Å²) >= 11 is 0. The topological polar surface area (TPSA) is 6.48 Å². The fraction of sp³-hybridized carbons (Fsp3) is 0.213. The number of allylic oxidation sites excluding steroid dienone is 17. The van der Waals surface area contributed by atoms with E-state index in [1.807, 2.05) is 0 Å². The minimum atomic E-state index is -0.125. The minimum absolute atomic E-state index is 0.125. The predicted octanol–water partition coefficient (Wildman–Crippen LogP) is 15.5. The highest BCUT2D eigenvalue weighted by Gasteiger charge is 2.66. The van der Waals surface area contributed by atoms with Crippen molar-refractivity contribution in [3.8, 4) is 0 Å². The Balaban J connectivity index is 1.05. The summed E-state index contributed by atoms with van der Waals surface area (Å²) in [5.41, 5.74) is 15.8. The van der Waals surface area contributed by atoms with Crippen molar-refractivity contribution in [2.75, 3.05) is 9.80 Å². The molecular weight excluding hydrogens is 761 g/mol. The zero-order valence-corrected chi connectivity index (χ0v) is 35.9. The quantitative estimate of drug-likeness (QED) is 0.144. The Morgan fingerprint density at radius 2 is 1.22 bits per heavy atom. The van der Waals surface area contributed by atoms with Crippen LogP contribution in [0.2, 0.25) is 0 Å². The summed E-state index contributed by atoms with van der Waals surface area (Å²) in [7, 11) is 0. The molecule has 2 nitrogen and oxygen atoms in total. The van der Waals surface area contributed by atoms with E-state index in [0.717, 1.165) is 38.5 Å². The van der Waals surface area contributed by atoms with Gasteiger partial charge in [-0.2, -0.15) is 0 Å². The highest BCUT2D eigenvalue weighted by atomic mass is 15.2. The molecule has 5 aromatic carbocycles. The fourth-order valence-electron chi connectivity index (χ4n) is 12.9. The van der Waals surface area contributed by atoms with Gasteiger partial charge in [0, 0.05) is 39.6 Å². The van der Waals surface area contributed by atoms with Crippen LogP contribution in [0.15, 0.2) is 230 Å². The molecule has 1 spiro atoms. The average Bonchev–Trinajstić information content (AvgIpc) is 3.83. The van der Waals surface area contributed by atoms with Gasteiger partial charge in [0.15, 0.2) is 0 Å². The Labute approximate surface area is 373 Å². The molecule has 7 aliphatic rings. The zero-order chi connectivity index (χ0) is 41.7. The third kappa shape index (κ3) is 6.29. The lowest BCUT2D eigenvalue weighted by molar-refractivity contribution is 0.208. The first kappa shape index (κ1) is 38.1. The lowest BCUT2D eigenvalue weighted by atomic mass is 9.58. The molecule has 0 N–H and O–H groups in total. The second-order valence-corrected chi connectivity index (χ2v) is 18.5. The molecule has 1 fully saturated rings. The second kappa shape index (κ2) is 15.9. The van der Waals surface area contributed by atoms with E-state index in [0.29, 0.717) is 35.5 Å². The fourth-order valence-corrected chi connectivity index (χ4v) is 12.9. The third-order valence-corrected chi connectivity index (χ3v) is 15.3. The highest BCUT2D eigenvalue weighted by Crippen LogP contribution is 2.71. The molecule has 0 radical (unpaired) electrons. The minimum Gasteiger partial charge on any atom is -0.315 e. The van der Waals surface area contributed by atoms with E-state index in [-0.39, 0.29) is 5.41 Å². The Hall–Kier alpha value is -6.64. The van der Waals surface area contributed by atoms with Gasteiger partial charge in [0.1, 0.15) is 0 Å². The first-order chi connectivity index (χ1) is 31.3. The molecule has 0 amide bonds. The molecule has 7 unspecified atom stereocenters. The zero-order valence-electron chi connectivity index (χ0n) is 35.9. The van der Waals surface area contributed by atoms with Crippen molar-refractivity contribution in [2.24, 2.45) is 29.6 Å². The number of hydrogen-bond acceptors (Lipinski definition) is 2. The molecular formula is C61H54N2. The Bertz CT molecular complexity index is 2830. The normalized spacial score (nSPS) is 27.1. The van der Waals surface area contributed by atoms with Gasteiger partial charge in [-0.15, -0.1) is 0 Å². The maximum absolute atomic E-state index is 2.74. The maximum Gasteiger partial charge on any atom is 0.0499 e. The van der Waals surface area contributed by atoms with E-state index in [2.05, 4.69) is 228 Å². The van der Waals surface area contributed by atoms with Gasteiger partial charge in [0.25, 0.3) is 0 Å². The van der Waals surface area contributed by atoms with E-state index < -0.39 is 0 Å². The molecule has 63 heavy (non-hydrogen) atoms. The Morgan fingerprint density at radius 3 is 2.03 bits per heavy atom. The van der Waals surface area contributed by atoms with Crippen LogP contribution in [-0.4, -0.2) is 0 Å². The molecule has 7 atom stereocenters. The predicted molar refractivity (Wildman–Crippen MR) is 264 cm³/mol. The number of rotatable bonds is 8. The van der Waals surface area contributed by atoms with Gasteiger partial charge in [-0.3, -0.25) is 0 Å². The van der Waals surface area contributed by atoms with E-state index in [4.69, 9.17) is 0 Å². The van der Waals surface area contributed by atoms with Gasteiger partial charge in [0.2, 0.25) is 0 Å². The third-order valence-electron chi connectivity index (χ3n) is 15.3. The van der Waals surface area contributed by atoms with Crippen molar-refractivity contribution in [1.29, 1.82) is 0 Å². The van der Waals surface area contributed by atoms with Crippen molar-refractivity contribution in [3.63, 3.8) is 0 Å². The summed E-state index contributed by atoms with van der Waals surface area (Å²) in [6.45, 7) is 0. The summed E-state index contributed by atoms with van der Waals surface area (Å²) in [5, 5.41) is 0. The second-order valence-electron chi connectivity index (χ2n) is 18.5. The first-order valence-corrected chi connectivity index (χ1v) is 23.5. The van der Waals surface area contributed by atoms with Crippen molar-refractivity contribution < 1.29 is 0 Å². The molecule has 0 saturated heterocycles. The van der Waals surface area contributed by atoms with Gasteiger partial charge < -0.3 is 9.80 Å². The Kier molecular flexibility index (Phi) is 9.62.